The standard InChI is InChI=1S/C15H21N5O2S/c1-13-3-2-8-19(10-13)23(21,22)18-9-14-4-6-15(7-5-14)20-12-16-11-17-20/h4-7,11-13,18H,2-3,8-10H2,1H3/t13-/m0/s1. The first-order valence-corrected chi connectivity index (χ1v) is 9.17. The van der Waals surface area contributed by atoms with Gasteiger partial charge in [0.05, 0.1) is 5.69 Å². The fourth-order valence-electron chi connectivity index (χ4n) is 2.74. The van der Waals surface area contributed by atoms with Crippen LogP contribution in [0.4, 0.5) is 0 Å². The lowest BCUT2D eigenvalue weighted by Gasteiger charge is -2.30. The molecule has 0 aliphatic carbocycles. The van der Waals surface area contributed by atoms with E-state index in [1.54, 1.807) is 15.3 Å². The number of hydrogen-bond acceptors (Lipinski definition) is 4. The van der Waals surface area contributed by atoms with Crippen LogP contribution in [0, 0.1) is 5.92 Å². The molecule has 1 aliphatic heterocycles. The van der Waals surface area contributed by atoms with Crippen LogP contribution in [0.25, 0.3) is 5.69 Å². The number of hydrogen-bond donors (Lipinski definition) is 1. The van der Waals surface area contributed by atoms with E-state index < -0.39 is 10.2 Å². The van der Waals surface area contributed by atoms with E-state index in [2.05, 4.69) is 21.7 Å². The number of aromatic nitrogens is 3. The van der Waals surface area contributed by atoms with Crippen molar-refractivity contribution < 1.29 is 8.42 Å². The van der Waals surface area contributed by atoms with Crippen molar-refractivity contribution in [3.05, 3.63) is 42.5 Å². The highest BCUT2D eigenvalue weighted by molar-refractivity contribution is 7.87. The van der Waals surface area contributed by atoms with E-state index in [1.807, 2.05) is 24.3 Å². The van der Waals surface area contributed by atoms with Crippen LogP contribution in [0.3, 0.4) is 0 Å². The second kappa shape index (κ2) is 6.77. The smallest absolute Gasteiger partial charge is 0.223 e. The van der Waals surface area contributed by atoms with Crippen molar-refractivity contribution in [1.82, 2.24) is 23.8 Å². The summed E-state index contributed by atoms with van der Waals surface area (Å²) in [5, 5.41) is 4.06. The number of piperidine rings is 1. The summed E-state index contributed by atoms with van der Waals surface area (Å²) >= 11 is 0. The predicted molar refractivity (Wildman–Crippen MR) is 87.1 cm³/mol. The molecule has 1 atom stereocenters. The molecule has 23 heavy (non-hydrogen) atoms. The maximum absolute atomic E-state index is 12.4. The summed E-state index contributed by atoms with van der Waals surface area (Å²) in [6.07, 6.45) is 5.11. The van der Waals surface area contributed by atoms with Gasteiger partial charge in [0.2, 0.25) is 0 Å². The molecule has 124 valence electrons. The van der Waals surface area contributed by atoms with Gasteiger partial charge in [-0.25, -0.2) is 9.67 Å². The van der Waals surface area contributed by atoms with Crippen LogP contribution in [0.5, 0.6) is 0 Å². The third kappa shape index (κ3) is 3.95. The van der Waals surface area contributed by atoms with E-state index in [0.29, 0.717) is 19.0 Å². The minimum Gasteiger partial charge on any atom is -0.223 e. The van der Waals surface area contributed by atoms with Gasteiger partial charge in [0.25, 0.3) is 10.2 Å². The molecule has 2 heterocycles. The zero-order valence-corrected chi connectivity index (χ0v) is 13.9. The van der Waals surface area contributed by atoms with E-state index in [1.165, 1.54) is 6.33 Å². The molecule has 0 bridgehead atoms. The highest BCUT2D eigenvalue weighted by Crippen LogP contribution is 2.18. The van der Waals surface area contributed by atoms with E-state index >= 15 is 0 Å². The Morgan fingerprint density at radius 2 is 2.09 bits per heavy atom. The Hall–Kier alpha value is -1.77. The van der Waals surface area contributed by atoms with Gasteiger partial charge >= 0.3 is 0 Å². The minimum absolute atomic E-state index is 0.283. The van der Waals surface area contributed by atoms with Crippen molar-refractivity contribution in [2.75, 3.05) is 13.1 Å². The molecule has 1 aromatic heterocycles. The quantitative estimate of drug-likeness (QED) is 0.894. The largest absolute Gasteiger partial charge is 0.279 e. The average Bonchev–Trinajstić information content (AvgIpc) is 3.08. The number of nitrogens with one attached hydrogen (secondary N) is 1. The maximum atomic E-state index is 12.4. The van der Waals surface area contributed by atoms with Crippen LogP contribution in [-0.4, -0.2) is 40.6 Å². The Morgan fingerprint density at radius 3 is 2.74 bits per heavy atom. The molecular formula is C15H21N5O2S. The van der Waals surface area contributed by atoms with Gasteiger partial charge in [0.15, 0.2) is 0 Å². The summed E-state index contributed by atoms with van der Waals surface area (Å²) < 4.78 is 30.6. The third-order valence-electron chi connectivity index (χ3n) is 4.04. The number of benzene rings is 1. The minimum atomic E-state index is -3.41. The van der Waals surface area contributed by atoms with Crippen molar-refractivity contribution in [2.45, 2.75) is 26.3 Å². The zero-order chi connectivity index (χ0) is 16.3. The van der Waals surface area contributed by atoms with Gasteiger partial charge in [-0.05, 0) is 36.5 Å². The summed E-state index contributed by atoms with van der Waals surface area (Å²) in [5.74, 6) is 0.419. The molecular weight excluding hydrogens is 314 g/mol. The van der Waals surface area contributed by atoms with E-state index in [0.717, 1.165) is 24.1 Å². The summed E-state index contributed by atoms with van der Waals surface area (Å²) in [6, 6.07) is 7.55. The lowest BCUT2D eigenvalue weighted by molar-refractivity contribution is 0.278. The number of rotatable bonds is 5. The molecule has 3 rings (SSSR count). The molecule has 1 saturated heterocycles. The Bertz CT molecular complexity index is 728. The lowest BCUT2D eigenvalue weighted by Crippen LogP contribution is -2.45. The highest BCUT2D eigenvalue weighted by atomic mass is 32.2. The fraction of sp³-hybridized carbons (Fsp3) is 0.467. The molecule has 0 amide bonds. The van der Waals surface area contributed by atoms with Crippen molar-refractivity contribution in [3.63, 3.8) is 0 Å². The normalized spacial score (nSPS) is 19.8. The third-order valence-corrected chi connectivity index (χ3v) is 5.56. The van der Waals surface area contributed by atoms with Crippen molar-refractivity contribution in [1.29, 1.82) is 0 Å². The van der Waals surface area contributed by atoms with E-state index in [9.17, 15) is 8.42 Å². The van der Waals surface area contributed by atoms with Crippen molar-refractivity contribution in [2.24, 2.45) is 5.92 Å². The fourth-order valence-corrected chi connectivity index (χ4v) is 4.09. The van der Waals surface area contributed by atoms with Gasteiger partial charge in [0.1, 0.15) is 12.7 Å². The molecule has 7 nitrogen and oxygen atoms in total. The summed E-state index contributed by atoms with van der Waals surface area (Å²) in [4.78, 5) is 3.90. The SMILES string of the molecule is C[C@H]1CCCN(S(=O)(=O)NCc2ccc(-n3cncn3)cc2)C1. The monoisotopic (exact) mass is 335 g/mol. The van der Waals surface area contributed by atoms with Gasteiger partial charge in [-0.3, -0.25) is 0 Å². The molecule has 8 heteroatoms. The van der Waals surface area contributed by atoms with E-state index in [-0.39, 0.29) is 6.54 Å². The second-order valence-electron chi connectivity index (χ2n) is 5.94. The van der Waals surface area contributed by atoms with Gasteiger partial charge in [0, 0.05) is 19.6 Å². The molecule has 1 fully saturated rings. The molecule has 1 aromatic carbocycles. The first-order valence-electron chi connectivity index (χ1n) is 7.73. The highest BCUT2D eigenvalue weighted by Gasteiger charge is 2.26. The van der Waals surface area contributed by atoms with Crippen LogP contribution in [-0.2, 0) is 16.8 Å². The lowest BCUT2D eigenvalue weighted by atomic mass is 10.0. The van der Waals surface area contributed by atoms with Crippen LogP contribution in [0.15, 0.2) is 36.9 Å². The maximum Gasteiger partial charge on any atom is 0.279 e. The first kappa shape index (κ1) is 16.1. The van der Waals surface area contributed by atoms with Gasteiger partial charge in [-0.1, -0.05) is 19.1 Å². The Morgan fingerprint density at radius 1 is 1.30 bits per heavy atom. The van der Waals surface area contributed by atoms with E-state index in [4.69, 9.17) is 0 Å². The Kier molecular flexibility index (Phi) is 4.74. The van der Waals surface area contributed by atoms with Crippen LogP contribution in [0.1, 0.15) is 25.3 Å². The molecule has 1 N–H and O–H groups in total. The number of nitrogens with zero attached hydrogens (tertiary/aromatic N) is 4. The Balaban J connectivity index is 1.61. The average molecular weight is 335 g/mol. The second-order valence-corrected chi connectivity index (χ2v) is 7.69. The summed E-state index contributed by atoms with van der Waals surface area (Å²) in [7, 11) is -3.41. The molecule has 2 aromatic rings. The zero-order valence-electron chi connectivity index (χ0n) is 13.1. The van der Waals surface area contributed by atoms with Gasteiger partial charge < -0.3 is 0 Å². The molecule has 0 unspecified atom stereocenters. The van der Waals surface area contributed by atoms with Crippen molar-refractivity contribution >= 4 is 10.2 Å². The Labute approximate surface area is 136 Å². The molecule has 0 radical (unpaired) electrons. The van der Waals surface area contributed by atoms with Crippen LogP contribution in [0.2, 0.25) is 0 Å². The van der Waals surface area contributed by atoms with Crippen molar-refractivity contribution in [3.8, 4) is 5.69 Å². The molecule has 0 saturated carbocycles. The molecule has 1 aliphatic rings. The molecule has 0 spiro atoms. The summed E-state index contributed by atoms with van der Waals surface area (Å²) in [6.45, 7) is 3.57. The first-order chi connectivity index (χ1) is 11.0. The van der Waals surface area contributed by atoms with Crippen LogP contribution >= 0.6 is 0 Å². The topological polar surface area (TPSA) is 80.1 Å². The predicted octanol–water partition coefficient (Wildman–Crippen LogP) is 1.33. The van der Waals surface area contributed by atoms with Gasteiger partial charge in [-0.15, -0.1) is 0 Å². The summed E-state index contributed by atoms with van der Waals surface area (Å²) in [5.41, 5.74) is 1.79. The van der Waals surface area contributed by atoms with Gasteiger partial charge in [-0.2, -0.15) is 22.5 Å². The van der Waals surface area contributed by atoms with Crippen LogP contribution < -0.4 is 4.72 Å².